The normalized spacial score (nSPS) is 10.8. The van der Waals surface area contributed by atoms with E-state index in [9.17, 15) is 0 Å². The van der Waals surface area contributed by atoms with E-state index >= 15 is 0 Å². The minimum atomic E-state index is 0.908. The summed E-state index contributed by atoms with van der Waals surface area (Å²) in [5.74, 6) is 0. The third kappa shape index (κ3) is 2.70. The molecule has 0 aliphatic heterocycles. The van der Waals surface area contributed by atoms with Crippen molar-refractivity contribution in [2.75, 3.05) is 7.05 Å². The average Bonchev–Trinajstić information content (AvgIpc) is 2.48. The first-order valence-electron chi connectivity index (χ1n) is 6.92. The molecule has 2 nitrogen and oxygen atoms in total. The second-order valence-electron chi connectivity index (χ2n) is 5.01. The molecule has 0 saturated carbocycles. The second kappa shape index (κ2) is 5.85. The zero-order valence-electron chi connectivity index (χ0n) is 11.6. The largest absolute Gasteiger partial charge is 0.316 e. The summed E-state index contributed by atoms with van der Waals surface area (Å²) in [4.78, 5) is 4.42. The number of rotatable bonds is 4. The summed E-state index contributed by atoms with van der Waals surface area (Å²) in [6, 6.07) is 19.2. The van der Waals surface area contributed by atoms with Gasteiger partial charge in [0.15, 0.2) is 0 Å². The first-order valence-corrected chi connectivity index (χ1v) is 6.92. The van der Waals surface area contributed by atoms with Gasteiger partial charge in [0.1, 0.15) is 0 Å². The van der Waals surface area contributed by atoms with Crippen LogP contribution in [0.2, 0.25) is 0 Å². The van der Waals surface area contributed by atoms with E-state index in [0.717, 1.165) is 18.5 Å². The van der Waals surface area contributed by atoms with Gasteiger partial charge in [0, 0.05) is 18.1 Å². The van der Waals surface area contributed by atoms with Gasteiger partial charge in [-0.15, -0.1) is 0 Å². The summed E-state index contributed by atoms with van der Waals surface area (Å²) < 4.78 is 0. The number of benzene rings is 2. The maximum absolute atomic E-state index is 4.42. The highest BCUT2D eigenvalue weighted by atomic mass is 14.8. The highest BCUT2D eigenvalue weighted by molar-refractivity contribution is 5.82. The number of hydrogen-bond acceptors (Lipinski definition) is 2. The molecule has 0 spiro atoms. The lowest BCUT2D eigenvalue weighted by Gasteiger charge is -2.08. The van der Waals surface area contributed by atoms with Crippen molar-refractivity contribution in [1.82, 2.24) is 10.3 Å². The van der Waals surface area contributed by atoms with Crippen LogP contribution in [0.4, 0.5) is 0 Å². The van der Waals surface area contributed by atoms with Crippen LogP contribution in [0.3, 0.4) is 0 Å². The van der Waals surface area contributed by atoms with Crippen molar-refractivity contribution < 1.29 is 0 Å². The summed E-state index contributed by atoms with van der Waals surface area (Å²) in [6.07, 6.45) is 2.84. The predicted octanol–water partition coefficient (Wildman–Crippen LogP) is 3.55. The topological polar surface area (TPSA) is 24.9 Å². The molecule has 1 N–H and O–H groups in total. The standard InChI is InChI=1S/C18H18N2/c1-19-13-15-6-4-5-14(11-15)12-16-9-10-20-18-8-3-2-7-17(16)18/h2-11,19H,12-13H2,1H3. The van der Waals surface area contributed by atoms with Gasteiger partial charge in [-0.25, -0.2) is 0 Å². The Morgan fingerprint density at radius 2 is 1.80 bits per heavy atom. The van der Waals surface area contributed by atoms with Gasteiger partial charge < -0.3 is 5.32 Å². The van der Waals surface area contributed by atoms with Gasteiger partial charge >= 0.3 is 0 Å². The molecule has 0 fully saturated rings. The molecule has 1 aromatic heterocycles. The van der Waals surface area contributed by atoms with Crippen LogP contribution < -0.4 is 5.32 Å². The SMILES string of the molecule is CNCc1cccc(Cc2ccnc3ccccc23)c1. The van der Waals surface area contributed by atoms with E-state index in [1.807, 2.05) is 19.3 Å². The number of fused-ring (bicyclic) bond motifs is 1. The van der Waals surface area contributed by atoms with E-state index in [-0.39, 0.29) is 0 Å². The zero-order valence-corrected chi connectivity index (χ0v) is 11.6. The van der Waals surface area contributed by atoms with E-state index in [1.165, 1.54) is 22.1 Å². The molecule has 0 aliphatic carbocycles. The van der Waals surface area contributed by atoms with Crippen molar-refractivity contribution in [3.05, 3.63) is 77.5 Å². The third-order valence-electron chi connectivity index (χ3n) is 3.51. The highest BCUT2D eigenvalue weighted by Crippen LogP contribution is 2.20. The second-order valence-corrected chi connectivity index (χ2v) is 5.01. The first-order chi connectivity index (χ1) is 9.86. The molecule has 0 aliphatic rings. The average molecular weight is 262 g/mol. The Morgan fingerprint density at radius 3 is 2.70 bits per heavy atom. The van der Waals surface area contributed by atoms with E-state index in [0.29, 0.717) is 0 Å². The Balaban J connectivity index is 1.95. The fourth-order valence-electron chi connectivity index (χ4n) is 2.58. The minimum Gasteiger partial charge on any atom is -0.316 e. The molecule has 3 rings (SSSR count). The summed E-state index contributed by atoms with van der Waals surface area (Å²) in [7, 11) is 1.98. The molecule has 0 atom stereocenters. The van der Waals surface area contributed by atoms with Crippen LogP contribution >= 0.6 is 0 Å². The van der Waals surface area contributed by atoms with Crippen LogP contribution in [-0.4, -0.2) is 12.0 Å². The minimum absolute atomic E-state index is 0.908. The molecule has 0 bridgehead atoms. The Morgan fingerprint density at radius 1 is 0.950 bits per heavy atom. The van der Waals surface area contributed by atoms with Gasteiger partial charge in [0.2, 0.25) is 0 Å². The molecule has 20 heavy (non-hydrogen) atoms. The van der Waals surface area contributed by atoms with Crippen LogP contribution in [-0.2, 0) is 13.0 Å². The maximum Gasteiger partial charge on any atom is 0.0704 e. The Kier molecular flexibility index (Phi) is 3.75. The van der Waals surface area contributed by atoms with Gasteiger partial charge in [-0.2, -0.15) is 0 Å². The molecule has 0 unspecified atom stereocenters. The van der Waals surface area contributed by atoms with Gasteiger partial charge in [-0.3, -0.25) is 4.98 Å². The number of hydrogen-bond donors (Lipinski definition) is 1. The molecular formula is C18H18N2. The van der Waals surface area contributed by atoms with Crippen molar-refractivity contribution in [1.29, 1.82) is 0 Å². The lowest BCUT2D eigenvalue weighted by Crippen LogP contribution is -2.05. The quantitative estimate of drug-likeness (QED) is 0.778. The molecule has 0 amide bonds. The van der Waals surface area contributed by atoms with Crippen molar-refractivity contribution >= 4 is 10.9 Å². The van der Waals surface area contributed by atoms with E-state index in [4.69, 9.17) is 0 Å². The zero-order chi connectivity index (χ0) is 13.8. The molecule has 2 heteroatoms. The molecule has 2 aromatic carbocycles. The van der Waals surface area contributed by atoms with E-state index in [2.05, 4.69) is 58.8 Å². The van der Waals surface area contributed by atoms with E-state index < -0.39 is 0 Å². The van der Waals surface area contributed by atoms with Gasteiger partial charge in [-0.1, -0.05) is 42.5 Å². The smallest absolute Gasteiger partial charge is 0.0704 e. The molecule has 0 radical (unpaired) electrons. The number of pyridine rings is 1. The third-order valence-corrected chi connectivity index (χ3v) is 3.51. The van der Waals surface area contributed by atoms with Crippen LogP contribution in [0.15, 0.2) is 60.8 Å². The fraction of sp³-hybridized carbons (Fsp3) is 0.167. The van der Waals surface area contributed by atoms with Crippen molar-refractivity contribution in [3.8, 4) is 0 Å². The highest BCUT2D eigenvalue weighted by Gasteiger charge is 2.03. The number of para-hydroxylation sites is 1. The van der Waals surface area contributed by atoms with Crippen molar-refractivity contribution in [2.24, 2.45) is 0 Å². The molecule has 100 valence electrons. The number of aromatic nitrogens is 1. The number of nitrogens with one attached hydrogen (secondary N) is 1. The summed E-state index contributed by atoms with van der Waals surface area (Å²) >= 11 is 0. The van der Waals surface area contributed by atoms with Crippen LogP contribution in [0.25, 0.3) is 10.9 Å². The van der Waals surface area contributed by atoms with Crippen molar-refractivity contribution in [2.45, 2.75) is 13.0 Å². The molecular weight excluding hydrogens is 244 g/mol. The Hall–Kier alpha value is -2.19. The Bertz CT molecular complexity index is 714. The van der Waals surface area contributed by atoms with Gasteiger partial charge in [0.05, 0.1) is 5.52 Å². The van der Waals surface area contributed by atoms with E-state index in [1.54, 1.807) is 0 Å². The van der Waals surface area contributed by atoms with Gasteiger partial charge in [-0.05, 0) is 42.3 Å². The lowest BCUT2D eigenvalue weighted by molar-refractivity contribution is 0.816. The fourth-order valence-corrected chi connectivity index (χ4v) is 2.58. The lowest BCUT2D eigenvalue weighted by atomic mass is 10.00. The maximum atomic E-state index is 4.42. The molecule has 1 heterocycles. The van der Waals surface area contributed by atoms with Crippen LogP contribution in [0.5, 0.6) is 0 Å². The summed E-state index contributed by atoms with van der Waals surface area (Å²) in [6.45, 7) is 0.908. The van der Waals surface area contributed by atoms with Crippen LogP contribution in [0.1, 0.15) is 16.7 Å². The number of nitrogens with zero attached hydrogens (tertiary/aromatic N) is 1. The molecule has 0 saturated heterocycles. The summed E-state index contributed by atoms with van der Waals surface area (Å²) in [5.41, 5.74) is 5.06. The predicted molar refractivity (Wildman–Crippen MR) is 83.8 cm³/mol. The van der Waals surface area contributed by atoms with Crippen LogP contribution in [0, 0.1) is 0 Å². The monoisotopic (exact) mass is 262 g/mol. The Labute approximate surface area is 119 Å². The summed E-state index contributed by atoms with van der Waals surface area (Å²) in [5, 5.41) is 4.44. The van der Waals surface area contributed by atoms with Crippen molar-refractivity contribution in [3.63, 3.8) is 0 Å². The first kappa shape index (κ1) is 12.8. The molecule has 3 aromatic rings. The van der Waals surface area contributed by atoms with Gasteiger partial charge in [0.25, 0.3) is 0 Å².